The maximum atomic E-state index is 14.3. The fraction of sp³-hybridized carbons (Fsp3) is 0.320. The van der Waals surface area contributed by atoms with Gasteiger partial charge in [-0.1, -0.05) is 44.1 Å². The van der Waals surface area contributed by atoms with E-state index >= 15 is 0 Å². The van der Waals surface area contributed by atoms with Crippen LogP contribution in [0, 0.1) is 0 Å². The standard InChI is InChI=1S/C25H28FN9O2/c1-6-18(26)12-17-11-15(20-28-14-29-24(32-20)30-19-9-10-35(5)33-19)7-8-16(17)13-27-22(36)21-31-23(37-34-21)25(2,3)4/h6-11,14,18H,1,12-13H2,2-5H3,(H,27,36)(H,28,29,30,32,33). The van der Waals surface area contributed by atoms with E-state index in [0.29, 0.717) is 34.6 Å². The van der Waals surface area contributed by atoms with Gasteiger partial charge in [-0.05, 0) is 17.2 Å². The summed E-state index contributed by atoms with van der Waals surface area (Å²) in [5, 5.41) is 13.8. The molecule has 0 bridgehead atoms. The number of aryl methyl sites for hydroxylation is 1. The van der Waals surface area contributed by atoms with Gasteiger partial charge in [0.25, 0.3) is 11.7 Å². The maximum absolute atomic E-state index is 14.3. The van der Waals surface area contributed by atoms with Crippen molar-refractivity contribution in [3.8, 4) is 11.4 Å². The highest BCUT2D eigenvalue weighted by atomic mass is 19.1. The predicted octanol–water partition coefficient (Wildman–Crippen LogP) is 3.69. The van der Waals surface area contributed by atoms with E-state index in [2.05, 4.69) is 47.4 Å². The number of alkyl halides is 1. The minimum absolute atomic E-state index is 0.0596. The van der Waals surface area contributed by atoms with Gasteiger partial charge in [0, 0.05) is 43.3 Å². The molecule has 0 saturated carbocycles. The highest BCUT2D eigenvalue weighted by Gasteiger charge is 2.24. The number of amides is 1. The van der Waals surface area contributed by atoms with Gasteiger partial charge in [-0.3, -0.25) is 9.48 Å². The number of carbonyl (C=O) groups excluding carboxylic acids is 1. The van der Waals surface area contributed by atoms with Crippen LogP contribution in [-0.4, -0.2) is 47.0 Å². The fourth-order valence-corrected chi connectivity index (χ4v) is 3.39. The molecule has 12 heteroatoms. The van der Waals surface area contributed by atoms with Crippen LogP contribution in [0.15, 0.2) is 54.0 Å². The van der Waals surface area contributed by atoms with Gasteiger partial charge in [0.2, 0.25) is 11.8 Å². The summed E-state index contributed by atoms with van der Waals surface area (Å²) in [5.74, 6) is 1.14. The zero-order chi connectivity index (χ0) is 26.6. The topological polar surface area (TPSA) is 137 Å². The van der Waals surface area contributed by atoms with Crippen molar-refractivity contribution in [2.75, 3.05) is 5.32 Å². The molecule has 192 valence electrons. The van der Waals surface area contributed by atoms with Gasteiger partial charge in [0.05, 0.1) is 0 Å². The van der Waals surface area contributed by atoms with Crippen LogP contribution in [0.25, 0.3) is 11.4 Å². The molecule has 4 rings (SSSR count). The molecule has 0 aliphatic carbocycles. The number of nitrogens with zero attached hydrogens (tertiary/aromatic N) is 7. The third-order valence-corrected chi connectivity index (χ3v) is 5.37. The number of allylic oxidation sites excluding steroid dienone is 1. The lowest BCUT2D eigenvalue weighted by molar-refractivity contribution is 0.0937. The van der Waals surface area contributed by atoms with Gasteiger partial charge in [0.1, 0.15) is 12.5 Å². The molecule has 0 radical (unpaired) electrons. The van der Waals surface area contributed by atoms with Crippen molar-refractivity contribution in [3.63, 3.8) is 0 Å². The van der Waals surface area contributed by atoms with Crippen LogP contribution in [0.1, 0.15) is 48.4 Å². The summed E-state index contributed by atoms with van der Waals surface area (Å²) in [4.78, 5) is 29.6. The molecule has 11 nitrogen and oxygen atoms in total. The maximum Gasteiger partial charge on any atom is 0.292 e. The van der Waals surface area contributed by atoms with E-state index in [9.17, 15) is 9.18 Å². The van der Waals surface area contributed by atoms with Gasteiger partial charge >= 0.3 is 0 Å². The summed E-state index contributed by atoms with van der Waals surface area (Å²) >= 11 is 0. The fourth-order valence-electron chi connectivity index (χ4n) is 3.39. The highest BCUT2D eigenvalue weighted by molar-refractivity contribution is 5.90. The summed E-state index contributed by atoms with van der Waals surface area (Å²) in [6.45, 7) is 9.41. The minimum Gasteiger partial charge on any atom is -0.345 e. The normalized spacial score (nSPS) is 12.2. The molecule has 2 N–H and O–H groups in total. The summed E-state index contributed by atoms with van der Waals surface area (Å²) in [6, 6.07) is 7.19. The second-order valence-corrected chi connectivity index (χ2v) is 9.43. The van der Waals surface area contributed by atoms with Crippen molar-refractivity contribution in [1.29, 1.82) is 0 Å². The molecule has 1 unspecified atom stereocenters. The van der Waals surface area contributed by atoms with Gasteiger partial charge in [-0.2, -0.15) is 15.1 Å². The lowest BCUT2D eigenvalue weighted by atomic mass is 9.97. The monoisotopic (exact) mass is 505 g/mol. The molecule has 1 amide bonds. The number of benzene rings is 1. The highest BCUT2D eigenvalue weighted by Crippen LogP contribution is 2.23. The number of halogens is 1. The van der Waals surface area contributed by atoms with E-state index in [1.54, 1.807) is 35.1 Å². The molecule has 0 saturated heterocycles. The van der Waals surface area contributed by atoms with Crippen molar-refractivity contribution < 1.29 is 13.7 Å². The van der Waals surface area contributed by atoms with E-state index in [1.165, 1.54) is 12.4 Å². The molecule has 37 heavy (non-hydrogen) atoms. The molecule has 0 aliphatic rings. The second kappa shape index (κ2) is 10.6. The summed E-state index contributed by atoms with van der Waals surface area (Å²) in [7, 11) is 1.81. The van der Waals surface area contributed by atoms with Crippen LogP contribution >= 0.6 is 0 Å². The lowest BCUT2D eigenvalue weighted by Crippen LogP contribution is -2.25. The number of anilines is 2. The third-order valence-electron chi connectivity index (χ3n) is 5.37. The van der Waals surface area contributed by atoms with Crippen molar-refractivity contribution in [3.05, 3.63) is 72.3 Å². The Morgan fingerprint density at radius 1 is 1.22 bits per heavy atom. The van der Waals surface area contributed by atoms with Crippen LogP contribution in [-0.2, 0) is 25.4 Å². The van der Waals surface area contributed by atoms with Crippen LogP contribution < -0.4 is 10.6 Å². The zero-order valence-electron chi connectivity index (χ0n) is 21.1. The van der Waals surface area contributed by atoms with Gasteiger partial charge in [0.15, 0.2) is 11.6 Å². The Labute approximate surface area is 213 Å². The molecule has 1 aromatic carbocycles. The second-order valence-electron chi connectivity index (χ2n) is 9.43. The summed E-state index contributed by atoms with van der Waals surface area (Å²) in [6.07, 6.45) is 3.22. The number of nitrogens with one attached hydrogen (secondary N) is 2. The Kier molecular flexibility index (Phi) is 7.37. The average Bonchev–Trinajstić information content (AvgIpc) is 3.52. The number of rotatable bonds is 9. The quantitative estimate of drug-likeness (QED) is 0.326. The van der Waals surface area contributed by atoms with Gasteiger partial charge < -0.3 is 15.2 Å². The Morgan fingerprint density at radius 2 is 2.03 bits per heavy atom. The molecular weight excluding hydrogens is 477 g/mol. The lowest BCUT2D eigenvalue weighted by Gasteiger charge is -2.13. The number of carbonyl (C=O) groups is 1. The number of aromatic nitrogens is 7. The third kappa shape index (κ3) is 6.40. The van der Waals surface area contributed by atoms with Crippen LogP contribution in [0.2, 0.25) is 0 Å². The molecular formula is C25H28FN9O2. The molecule has 4 aromatic rings. The molecule has 0 spiro atoms. The largest absolute Gasteiger partial charge is 0.345 e. The first-order valence-electron chi connectivity index (χ1n) is 11.6. The average molecular weight is 506 g/mol. The first-order chi connectivity index (χ1) is 17.6. The summed E-state index contributed by atoms with van der Waals surface area (Å²) in [5.41, 5.74) is 1.69. The molecule has 1 atom stereocenters. The van der Waals surface area contributed by atoms with Crippen LogP contribution in [0.5, 0.6) is 0 Å². The van der Waals surface area contributed by atoms with E-state index in [4.69, 9.17) is 4.52 Å². The predicted molar refractivity (Wildman–Crippen MR) is 135 cm³/mol. The number of hydrogen-bond acceptors (Lipinski definition) is 9. The van der Waals surface area contributed by atoms with Crippen molar-refractivity contribution in [1.82, 2.24) is 40.2 Å². The Balaban J connectivity index is 1.54. The Bertz CT molecular complexity index is 1410. The summed E-state index contributed by atoms with van der Waals surface area (Å²) < 4.78 is 21.2. The SMILES string of the molecule is C=CC(F)Cc1cc(-c2ncnc(Nc3ccn(C)n3)n2)ccc1CNC(=O)c1noc(C(C)(C)C)n1. The van der Waals surface area contributed by atoms with Crippen molar-refractivity contribution >= 4 is 17.7 Å². The minimum atomic E-state index is -1.27. The van der Waals surface area contributed by atoms with E-state index < -0.39 is 12.1 Å². The zero-order valence-corrected chi connectivity index (χ0v) is 21.1. The first-order valence-corrected chi connectivity index (χ1v) is 11.6. The number of hydrogen-bond donors (Lipinski definition) is 2. The van der Waals surface area contributed by atoms with Gasteiger partial charge in [-0.25, -0.2) is 14.4 Å². The van der Waals surface area contributed by atoms with Crippen LogP contribution in [0.4, 0.5) is 16.2 Å². The van der Waals surface area contributed by atoms with Gasteiger partial charge in [-0.15, -0.1) is 6.58 Å². The molecule has 3 aromatic heterocycles. The Morgan fingerprint density at radius 3 is 2.70 bits per heavy atom. The molecule has 3 heterocycles. The smallest absolute Gasteiger partial charge is 0.292 e. The molecule has 0 aliphatic heterocycles. The van der Waals surface area contributed by atoms with Crippen LogP contribution in [0.3, 0.4) is 0 Å². The first kappa shape index (κ1) is 25.6. The molecule has 0 fully saturated rings. The Hall–Kier alpha value is -4.48. The van der Waals surface area contributed by atoms with E-state index in [0.717, 1.165) is 5.56 Å². The van der Waals surface area contributed by atoms with Crippen molar-refractivity contribution in [2.45, 2.75) is 45.3 Å². The van der Waals surface area contributed by atoms with Crippen molar-refractivity contribution in [2.24, 2.45) is 7.05 Å². The van der Waals surface area contributed by atoms with E-state index in [1.807, 2.05) is 27.8 Å². The van der Waals surface area contributed by atoms with E-state index in [-0.39, 0.29) is 24.2 Å².